The van der Waals surface area contributed by atoms with E-state index in [1.807, 2.05) is 57.4 Å². The van der Waals surface area contributed by atoms with Crippen LogP contribution < -0.4 is 10.6 Å². The number of carbonyl (C=O) groups excluding carboxylic acids is 2. The number of carbonyl (C=O) groups is 2. The van der Waals surface area contributed by atoms with E-state index < -0.39 is 0 Å². The zero-order valence-electron chi connectivity index (χ0n) is 16.9. The minimum absolute atomic E-state index is 0.0126. The quantitative estimate of drug-likeness (QED) is 0.803. The number of hydrogen-bond acceptors (Lipinski definition) is 3. The second kappa shape index (κ2) is 8.91. The molecule has 0 radical (unpaired) electrons. The maximum absolute atomic E-state index is 12.9. The van der Waals surface area contributed by atoms with Crippen molar-refractivity contribution in [1.29, 1.82) is 0 Å². The van der Waals surface area contributed by atoms with Gasteiger partial charge in [0.1, 0.15) is 0 Å². The Kier molecular flexibility index (Phi) is 6.34. The molecule has 0 bridgehead atoms. The molecule has 0 saturated heterocycles. The summed E-state index contributed by atoms with van der Waals surface area (Å²) in [6.07, 6.45) is 2.46. The lowest BCUT2D eigenvalue weighted by molar-refractivity contribution is -0.124. The summed E-state index contributed by atoms with van der Waals surface area (Å²) in [5.74, 6) is 0.140. The molecule has 1 fully saturated rings. The standard InChI is InChI=1S/C23H29N3O2/c1-4-25-22(27)19-11-14-21(15-19)26(3)23(28)18-7-5-16(6-8-18)17-9-12-20(24-2)13-10-17/h5-10,12-13,19,21,24H,4,11,14-15H2,1-3H3,(H,25,27). The van der Waals surface area contributed by atoms with E-state index in [0.717, 1.165) is 36.1 Å². The lowest BCUT2D eigenvalue weighted by Crippen LogP contribution is -2.36. The van der Waals surface area contributed by atoms with Gasteiger partial charge >= 0.3 is 0 Å². The van der Waals surface area contributed by atoms with Crippen molar-refractivity contribution in [3.63, 3.8) is 0 Å². The lowest BCUT2D eigenvalue weighted by atomic mass is 10.0. The average Bonchev–Trinajstić information content (AvgIpc) is 3.23. The fourth-order valence-electron chi connectivity index (χ4n) is 3.87. The Hall–Kier alpha value is -2.82. The van der Waals surface area contributed by atoms with Gasteiger partial charge in [-0.25, -0.2) is 0 Å². The van der Waals surface area contributed by atoms with Crippen molar-refractivity contribution in [2.24, 2.45) is 5.92 Å². The highest BCUT2D eigenvalue weighted by atomic mass is 16.2. The van der Waals surface area contributed by atoms with Crippen molar-refractivity contribution < 1.29 is 9.59 Å². The lowest BCUT2D eigenvalue weighted by Gasteiger charge is -2.25. The van der Waals surface area contributed by atoms with Crippen LogP contribution in [0.4, 0.5) is 5.69 Å². The van der Waals surface area contributed by atoms with Gasteiger partial charge < -0.3 is 15.5 Å². The molecule has 28 heavy (non-hydrogen) atoms. The second-order valence-electron chi connectivity index (χ2n) is 7.38. The van der Waals surface area contributed by atoms with Gasteiger partial charge in [-0.3, -0.25) is 9.59 Å². The molecule has 1 saturated carbocycles. The topological polar surface area (TPSA) is 61.4 Å². The van der Waals surface area contributed by atoms with Crippen molar-refractivity contribution in [1.82, 2.24) is 10.2 Å². The highest BCUT2D eigenvalue weighted by Gasteiger charge is 2.33. The van der Waals surface area contributed by atoms with Crippen LogP contribution in [-0.4, -0.2) is 43.4 Å². The first-order chi connectivity index (χ1) is 13.5. The SMILES string of the molecule is CCNC(=O)C1CCC(N(C)C(=O)c2ccc(-c3ccc(NC)cc3)cc2)C1. The summed E-state index contributed by atoms with van der Waals surface area (Å²) < 4.78 is 0. The van der Waals surface area contributed by atoms with Crippen molar-refractivity contribution in [3.05, 3.63) is 54.1 Å². The molecule has 1 aliphatic rings. The molecule has 0 aliphatic heterocycles. The van der Waals surface area contributed by atoms with E-state index in [1.54, 1.807) is 4.90 Å². The van der Waals surface area contributed by atoms with E-state index in [1.165, 1.54) is 0 Å². The van der Waals surface area contributed by atoms with E-state index in [0.29, 0.717) is 12.1 Å². The third-order valence-corrected chi connectivity index (χ3v) is 5.63. The fourth-order valence-corrected chi connectivity index (χ4v) is 3.87. The van der Waals surface area contributed by atoms with E-state index in [9.17, 15) is 9.59 Å². The van der Waals surface area contributed by atoms with Gasteiger partial charge in [-0.15, -0.1) is 0 Å². The van der Waals surface area contributed by atoms with Crippen molar-refractivity contribution >= 4 is 17.5 Å². The zero-order chi connectivity index (χ0) is 20.1. The predicted octanol–water partition coefficient (Wildman–Crippen LogP) is 3.77. The molecular weight excluding hydrogens is 350 g/mol. The van der Waals surface area contributed by atoms with Gasteiger partial charge in [-0.2, -0.15) is 0 Å². The molecule has 1 aliphatic carbocycles. The predicted molar refractivity (Wildman–Crippen MR) is 113 cm³/mol. The molecule has 3 rings (SSSR count). The summed E-state index contributed by atoms with van der Waals surface area (Å²) in [6, 6.07) is 16.1. The molecule has 0 aromatic heterocycles. The van der Waals surface area contributed by atoms with E-state index in [2.05, 4.69) is 22.8 Å². The molecule has 5 nitrogen and oxygen atoms in total. The van der Waals surface area contributed by atoms with Gasteiger partial charge in [-0.1, -0.05) is 24.3 Å². The van der Waals surface area contributed by atoms with Crippen LogP contribution in [0.15, 0.2) is 48.5 Å². The molecule has 0 heterocycles. The number of amides is 2. The average molecular weight is 380 g/mol. The monoisotopic (exact) mass is 379 g/mol. The normalized spacial score (nSPS) is 18.5. The second-order valence-corrected chi connectivity index (χ2v) is 7.38. The first kappa shape index (κ1) is 19.9. The molecule has 2 amide bonds. The summed E-state index contributed by atoms with van der Waals surface area (Å²) in [4.78, 5) is 26.7. The number of rotatable bonds is 6. The Bertz CT molecular complexity index is 815. The van der Waals surface area contributed by atoms with Gasteiger partial charge in [0.15, 0.2) is 0 Å². The Labute approximate surface area is 167 Å². The Morgan fingerprint density at radius 2 is 1.61 bits per heavy atom. The summed E-state index contributed by atoms with van der Waals surface area (Å²) in [5.41, 5.74) is 3.95. The van der Waals surface area contributed by atoms with Crippen LogP contribution in [0.25, 0.3) is 11.1 Å². The van der Waals surface area contributed by atoms with E-state index in [-0.39, 0.29) is 23.8 Å². The summed E-state index contributed by atoms with van der Waals surface area (Å²) >= 11 is 0. The van der Waals surface area contributed by atoms with Crippen LogP contribution in [0.1, 0.15) is 36.5 Å². The number of nitrogens with one attached hydrogen (secondary N) is 2. The number of nitrogens with zero attached hydrogens (tertiary/aromatic N) is 1. The third-order valence-electron chi connectivity index (χ3n) is 5.63. The minimum Gasteiger partial charge on any atom is -0.388 e. The van der Waals surface area contributed by atoms with Gasteiger partial charge in [0.05, 0.1) is 0 Å². The van der Waals surface area contributed by atoms with E-state index >= 15 is 0 Å². The maximum Gasteiger partial charge on any atom is 0.253 e. The van der Waals surface area contributed by atoms with Gasteiger partial charge in [0.25, 0.3) is 5.91 Å². The Morgan fingerprint density at radius 3 is 2.18 bits per heavy atom. The summed E-state index contributed by atoms with van der Waals surface area (Å²) in [5, 5.41) is 6.00. The molecule has 0 spiro atoms. The Morgan fingerprint density at radius 1 is 1.00 bits per heavy atom. The zero-order valence-corrected chi connectivity index (χ0v) is 16.9. The molecule has 5 heteroatoms. The van der Waals surface area contributed by atoms with Gasteiger partial charge in [-0.05, 0) is 61.6 Å². The summed E-state index contributed by atoms with van der Waals surface area (Å²) in [7, 11) is 3.74. The Balaban J connectivity index is 1.64. The molecule has 2 atom stereocenters. The smallest absolute Gasteiger partial charge is 0.253 e. The molecule has 2 unspecified atom stereocenters. The highest BCUT2D eigenvalue weighted by Crippen LogP contribution is 2.30. The molecule has 2 N–H and O–H groups in total. The first-order valence-corrected chi connectivity index (χ1v) is 9.96. The minimum atomic E-state index is 0.0126. The maximum atomic E-state index is 12.9. The molecule has 148 valence electrons. The van der Waals surface area contributed by atoms with Crippen LogP contribution in [0.3, 0.4) is 0 Å². The number of anilines is 1. The fraction of sp³-hybridized carbons (Fsp3) is 0.391. The van der Waals surface area contributed by atoms with Crippen LogP contribution >= 0.6 is 0 Å². The van der Waals surface area contributed by atoms with Crippen molar-refractivity contribution in [2.45, 2.75) is 32.2 Å². The van der Waals surface area contributed by atoms with Crippen LogP contribution in [0.2, 0.25) is 0 Å². The van der Waals surface area contributed by atoms with Crippen molar-refractivity contribution in [2.75, 3.05) is 26.0 Å². The first-order valence-electron chi connectivity index (χ1n) is 9.96. The van der Waals surface area contributed by atoms with Crippen molar-refractivity contribution in [3.8, 4) is 11.1 Å². The van der Waals surface area contributed by atoms with Crippen LogP contribution in [-0.2, 0) is 4.79 Å². The van der Waals surface area contributed by atoms with Crippen LogP contribution in [0, 0.1) is 5.92 Å². The number of benzene rings is 2. The van der Waals surface area contributed by atoms with Crippen LogP contribution in [0.5, 0.6) is 0 Å². The third kappa shape index (κ3) is 4.35. The number of hydrogen-bond donors (Lipinski definition) is 2. The molecule has 2 aromatic carbocycles. The summed E-state index contributed by atoms with van der Waals surface area (Å²) in [6.45, 7) is 2.58. The van der Waals surface area contributed by atoms with E-state index in [4.69, 9.17) is 0 Å². The van der Waals surface area contributed by atoms with Gasteiger partial charge in [0.2, 0.25) is 5.91 Å². The van der Waals surface area contributed by atoms with Gasteiger partial charge in [0, 0.05) is 43.9 Å². The molecular formula is C23H29N3O2. The molecule has 2 aromatic rings. The largest absolute Gasteiger partial charge is 0.388 e. The highest BCUT2D eigenvalue weighted by molar-refractivity contribution is 5.95.